The first-order valence-corrected chi connectivity index (χ1v) is 4.94. The zero-order chi connectivity index (χ0) is 11.5. The molecule has 2 rings (SSSR count). The molecule has 0 spiro atoms. The normalized spacial score (nSPS) is 10.3. The second-order valence-electron chi connectivity index (χ2n) is 3.27. The van der Waals surface area contributed by atoms with E-state index in [2.05, 4.69) is 9.97 Å². The molecule has 0 fully saturated rings. The van der Waals surface area contributed by atoms with Crippen molar-refractivity contribution in [3.8, 4) is 5.69 Å². The van der Waals surface area contributed by atoms with E-state index in [0.29, 0.717) is 5.69 Å². The molecule has 16 heavy (non-hydrogen) atoms. The highest BCUT2D eigenvalue weighted by Crippen LogP contribution is 2.15. The standard InChI is InChI=1S/C11H11N3O2/c1-2-10-13-5-6-14(10)9-7-12-4-3-8(9)11(15)16/h3-7H,2H2,1H3,(H,15,16). The average Bonchev–Trinajstić information content (AvgIpc) is 2.76. The topological polar surface area (TPSA) is 68.0 Å². The van der Waals surface area contributed by atoms with Crippen LogP contribution in [0.15, 0.2) is 30.9 Å². The molecular formula is C11H11N3O2. The Hall–Kier alpha value is -2.17. The SMILES string of the molecule is CCc1nccn1-c1cnccc1C(=O)O. The number of carboxylic acid groups (broad SMARTS) is 1. The maximum absolute atomic E-state index is 11.1. The van der Waals surface area contributed by atoms with Crippen LogP contribution in [0.3, 0.4) is 0 Å². The van der Waals surface area contributed by atoms with Crippen molar-refractivity contribution in [2.45, 2.75) is 13.3 Å². The van der Waals surface area contributed by atoms with Gasteiger partial charge >= 0.3 is 5.97 Å². The summed E-state index contributed by atoms with van der Waals surface area (Å²) in [4.78, 5) is 19.2. The van der Waals surface area contributed by atoms with E-state index in [1.54, 1.807) is 17.0 Å². The highest BCUT2D eigenvalue weighted by molar-refractivity contribution is 5.91. The first-order chi connectivity index (χ1) is 7.74. The number of aryl methyl sites for hydroxylation is 1. The van der Waals surface area contributed by atoms with Crippen LogP contribution in [-0.4, -0.2) is 25.6 Å². The number of hydrogen-bond acceptors (Lipinski definition) is 3. The molecule has 1 N–H and O–H groups in total. The Labute approximate surface area is 92.4 Å². The summed E-state index contributed by atoms with van der Waals surface area (Å²) in [6, 6.07) is 1.48. The molecule has 0 bridgehead atoms. The first kappa shape index (κ1) is 10.4. The van der Waals surface area contributed by atoms with Crippen molar-refractivity contribution in [2.24, 2.45) is 0 Å². The summed E-state index contributed by atoms with van der Waals surface area (Å²) in [5.74, 6) is -0.149. The van der Waals surface area contributed by atoms with Gasteiger partial charge < -0.3 is 9.67 Å². The van der Waals surface area contributed by atoms with E-state index in [1.165, 1.54) is 18.5 Å². The number of carbonyl (C=O) groups is 1. The zero-order valence-electron chi connectivity index (χ0n) is 8.79. The predicted molar refractivity (Wildman–Crippen MR) is 57.7 cm³/mol. The van der Waals surface area contributed by atoms with Gasteiger partial charge in [-0.3, -0.25) is 4.98 Å². The third-order valence-corrected chi connectivity index (χ3v) is 2.32. The van der Waals surface area contributed by atoms with Gasteiger partial charge in [0, 0.05) is 25.0 Å². The van der Waals surface area contributed by atoms with Gasteiger partial charge in [0.25, 0.3) is 0 Å². The fourth-order valence-electron chi connectivity index (χ4n) is 1.57. The third kappa shape index (κ3) is 1.67. The Balaban J connectivity index is 2.60. The Kier molecular flexibility index (Phi) is 2.68. The number of hydrogen-bond donors (Lipinski definition) is 1. The van der Waals surface area contributed by atoms with Gasteiger partial charge in [-0.05, 0) is 6.07 Å². The minimum absolute atomic E-state index is 0.225. The van der Waals surface area contributed by atoms with Crippen LogP contribution in [0.2, 0.25) is 0 Å². The lowest BCUT2D eigenvalue weighted by Crippen LogP contribution is -2.07. The molecule has 5 nitrogen and oxygen atoms in total. The van der Waals surface area contributed by atoms with E-state index in [-0.39, 0.29) is 5.56 Å². The summed E-state index contributed by atoms with van der Waals surface area (Å²) < 4.78 is 1.75. The van der Waals surface area contributed by atoms with Crippen molar-refractivity contribution in [1.82, 2.24) is 14.5 Å². The van der Waals surface area contributed by atoms with Crippen LogP contribution in [0.1, 0.15) is 23.1 Å². The number of pyridine rings is 1. The second-order valence-corrected chi connectivity index (χ2v) is 3.27. The molecular weight excluding hydrogens is 206 g/mol. The van der Waals surface area contributed by atoms with Crippen molar-refractivity contribution in [3.05, 3.63) is 42.2 Å². The molecule has 0 saturated heterocycles. The maximum atomic E-state index is 11.1. The molecule has 0 aliphatic carbocycles. The number of carboxylic acids is 1. The number of rotatable bonds is 3. The van der Waals surface area contributed by atoms with Crippen molar-refractivity contribution in [3.63, 3.8) is 0 Å². The minimum atomic E-state index is -0.965. The molecule has 0 radical (unpaired) electrons. The van der Waals surface area contributed by atoms with Gasteiger partial charge in [-0.25, -0.2) is 9.78 Å². The molecule has 2 aromatic heterocycles. The number of imidazole rings is 1. The Morgan fingerprint density at radius 3 is 3.00 bits per heavy atom. The average molecular weight is 217 g/mol. The van der Waals surface area contributed by atoms with Gasteiger partial charge in [0.05, 0.1) is 17.4 Å². The number of aromatic carboxylic acids is 1. The monoisotopic (exact) mass is 217 g/mol. The molecule has 0 aromatic carbocycles. The van der Waals surface area contributed by atoms with Crippen LogP contribution < -0.4 is 0 Å². The number of aromatic nitrogens is 3. The maximum Gasteiger partial charge on any atom is 0.337 e. The molecule has 0 saturated carbocycles. The van der Waals surface area contributed by atoms with Gasteiger partial charge in [0.15, 0.2) is 0 Å². The van der Waals surface area contributed by atoms with Crippen LogP contribution in [0.5, 0.6) is 0 Å². The fourth-order valence-corrected chi connectivity index (χ4v) is 1.57. The van der Waals surface area contributed by atoms with Crippen LogP contribution in [-0.2, 0) is 6.42 Å². The predicted octanol–water partition coefficient (Wildman–Crippen LogP) is 1.53. The lowest BCUT2D eigenvalue weighted by molar-refractivity contribution is 0.0697. The molecule has 0 aliphatic rings. The fraction of sp³-hybridized carbons (Fsp3) is 0.182. The third-order valence-electron chi connectivity index (χ3n) is 2.32. The van der Waals surface area contributed by atoms with E-state index in [4.69, 9.17) is 5.11 Å². The molecule has 5 heteroatoms. The summed E-state index contributed by atoms with van der Waals surface area (Å²) >= 11 is 0. The van der Waals surface area contributed by atoms with Gasteiger partial charge in [0.1, 0.15) is 5.82 Å². The Bertz CT molecular complexity index is 519. The molecule has 2 aromatic rings. The largest absolute Gasteiger partial charge is 0.478 e. The summed E-state index contributed by atoms with van der Waals surface area (Å²) in [5, 5.41) is 9.07. The van der Waals surface area contributed by atoms with Gasteiger partial charge in [-0.2, -0.15) is 0 Å². The highest BCUT2D eigenvalue weighted by Gasteiger charge is 2.13. The van der Waals surface area contributed by atoms with E-state index < -0.39 is 5.97 Å². The Morgan fingerprint density at radius 1 is 1.50 bits per heavy atom. The minimum Gasteiger partial charge on any atom is -0.478 e. The molecule has 2 heterocycles. The lowest BCUT2D eigenvalue weighted by atomic mass is 10.2. The first-order valence-electron chi connectivity index (χ1n) is 4.94. The van der Waals surface area contributed by atoms with Gasteiger partial charge in [-0.15, -0.1) is 0 Å². The molecule has 0 unspecified atom stereocenters. The van der Waals surface area contributed by atoms with Crippen LogP contribution in [0.4, 0.5) is 0 Å². The van der Waals surface area contributed by atoms with Gasteiger partial charge in [0.2, 0.25) is 0 Å². The molecule has 82 valence electrons. The Morgan fingerprint density at radius 2 is 2.31 bits per heavy atom. The molecule has 0 amide bonds. The summed E-state index contributed by atoms with van der Waals surface area (Å²) in [6.45, 7) is 1.97. The van der Waals surface area contributed by atoms with E-state index >= 15 is 0 Å². The van der Waals surface area contributed by atoms with Crippen LogP contribution in [0.25, 0.3) is 5.69 Å². The van der Waals surface area contributed by atoms with Crippen LogP contribution in [0, 0.1) is 0 Å². The zero-order valence-corrected chi connectivity index (χ0v) is 8.79. The number of nitrogens with zero attached hydrogens (tertiary/aromatic N) is 3. The summed E-state index contributed by atoms with van der Waals surface area (Å²) in [5.41, 5.74) is 0.770. The quantitative estimate of drug-likeness (QED) is 0.846. The van der Waals surface area contributed by atoms with Gasteiger partial charge in [-0.1, -0.05) is 6.92 Å². The second kappa shape index (κ2) is 4.14. The van der Waals surface area contributed by atoms with E-state index in [9.17, 15) is 4.79 Å². The lowest BCUT2D eigenvalue weighted by Gasteiger charge is -2.08. The highest BCUT2D eigenvalue weighted by atomic mass is 16.4. The van der Waals surface area contributed by atoms with Crippen molar-refractivity contribution >= 4 is 5.97 Å². The van der Waals surface area contributed by atoms with Crippen molar-refractivity contribution in [2.75, 3.05) is 0 Å². The summed E-state index contributed by atoms with van der Waals surface area (Å²) in [7, 11) is 0. The van der Waals surface area contributed by atoms with Crippen molar-refractivity contribution < 1.29 is 9.90 Å². The van der Waals surface area contributed by atoms with Crippen LogP contribution >= 0.6 is 0 Å². The van der Waals surface area contributed by atoms with Crippen molar-refractivity contribution in [1.29, 1.82) is 0 Å². The van der Waals surface area contributed by atoms with E-state index in [1.807, 2.05) is 6.92 Å². The molecule has 0 atom stereocenters. The molecule has 0 aliphatic heterocycles. The van der Waals surface area contributed by atoms with E-state index in [0.717, 1.165) is 12.2 Å². The summed E-state index contributed by atoms with van der Waals surface area (Å²) in [6.07, 6.45) is 7.13. The smallest absolute Gasteiger partial charge is 0.337 e.